The van der Waals surface area contributed by atoms with Gasteiger partial charge < -0.3 is 4.74 Å². The van der Waals surface area contributed by atoms with E-state index in [0.717, 1.165) is 13.0 Å². The summed E-state index contributed by atoms with van der Waals surface area (Å²) in [6.45, 7) is 4.86. The van der Waals surface area contributed by atoms with Crippen molar-refractivity contribution < 1.29 is 4.74 Å². The number of ether oxygens (including phenoxy) is 1. The maximum atomic E-state index is 5.80. The Kier molecular flexibility index (Phi) is 3.59. The number of hydrogen-bond donors (Lipinski definition) is 0. The molecule has 2 heteroatoms. The molecule has 1 aliphatic heterocycles. The van der Waals surface area contributed by atoms with Crippen LogP contribution in [0.15, 0.2) is 0 Å². The Balaban J connectivity index is 2.25. The molecule has 1 saturated heterocycles. The fourth-order valence-electron chi connectivity index (χ4n) is 1.69. The molecule has 11 heavy (non-hydrogen) atoms. The third-order valence-corrected chi connectivity index (χ3v) is 3.79. The number of rotatable bonds is 3. The molecule has 1 atom stereocenters. The Morgan fingerprint density at radius 3 is 2.82 bits per heavy atom. The average molecular weight is 171 g/mol. The van der Waals surface area contributed by atoms with Gasteiger partial charge in [-0.15, -0.1) is 0 Å². The molecule has 0 spiro atoms. The predicted molar refractivity (Wildman–Crippen MR) is 51.7 cm³/mol. The van der Waals surface area contributed by atoms with Crippen molar-refractivity contribution in [3.63, 3.8) is 0 Å². The summed E-state index contributed by atoms with van der Waals surface area (Å²) >= 11 is 0. The van der Waals surface area contributed by atoms with Gasteiger partial charge in [0.25, 0.3) is 0 Å². The van der Waals surface area contributed by atoms with Gasteiger partial charge in [-0.3, -0.25) is 0 Å². The van der Waals surface area contributed by atoms with Crippen LogP contribution in [0.25, 0.3) is 0 Å². The van der Waals surface area contributed by atoms with Crippen molar-refractivity contribution in [3.05, 3.63) is 6.92 Å². The summed E-state index contributed by atoms with van der Waals surface area (Å²) in [4.78, 5) is 0. The van der Waals surface area contributed by atoms with Crippen LogP contribution in [-0.2, 0) is 4.74 Å². The summed E-state index contributed by atoms with van der Waals surface area (Å²) in [5.41, 5.74) is 0. The van der Waals surface area contributed by atoms with Gasteiger partial charge in [0.2, 0.25) is 0 Å². The molecule has 0 aromatic heterocycles. The van der Waals surface area contributed by atoms with Gasteiger partial charge in [-0.1, -0.05) is 19.8 Å². The predicted octanol–water partition coefficient (Wildman–Crippen LogP) is 1.25. The molecule has 1 aliphatic rings. The average Bonchev–Trinajstić information content (AvgIpc) is 2.03. The first-order valence-corrected chi connectivity index (χ1v) is 5.70. The summed E-state index contributed by atoms with van der Waals surface area (Å²) in [6.07, 6.45) is 7.51. The van der Waals surface area contributed by atoms with Crippen LogP contribution in [-0.4, -0.2) is 22.1 Å². The highest BCUT2D eigenvalue weighted by atomic mass is 28.1. The van der Waals surface area contributed by atoms with Crippen LogP contribution in [0.1, 0.15) is 38.5 Å². The first kappa shape index (κ1) is 9.27. The lowest BCUT2D eigenvalue weighted by Gasteiger charge is -2.34. The zero-order valence-electron chi connectivity index (χ0n) is 7.57. The van der Waals surface area contributed by atoms with E-state index in [4.69, 9.17) is 4.74 Å². The summed E-state index contributed by atoms with van der Waals surface area (Å²) in [6, 6.07) is 0. The molecular formula is C9H19OSi. The van der Waals surface area contributed by atoms with Gasteiger partial charge in [0.15, 0.2) is 0 Å². The Bertz CT molecular complexity index is 108. The van der Waals surface area contributed by atoms with E-state index in [1.165, 1.54) is 42.3 Å². The van der Waals surface area contributed by atoms with Crippen molar-refractivity contribution in [1.29, 1.82) is 0 Å². The second-order valence-electron chi connectivity index (χ2n) is 3.71. The summed E-state index contributed by atoms with van der Waals surface area (Å²) < 4.78 is 5.80. The van der Waals surface area contributed by atoms with Crippen LogP contribution in [0.5, 0.6) is 0 Å². The van der Waals surface area contributed by atoms with E-state index in [9.17, 15) is 0 Å². The van der Waals surface area contributed by atoms with Crippen LogP contribution in [0, 0.1) is 6.92 Å². The van der Waals surface area contributed by atoms with Crippen LogP contribution in [0.4, 0.5) is 0 Å². The number of hydrogen-bond acceptors (Lipinski definition) is 1. The molecule has 0 amide bonds. The van der Waals surface area contributed by atoms with E-state index in [0.29, 0.717) is 5.22 Å². The van der Waals surface area contributed by atoms with Gasteiger partial charge in [0.1, 0.15) is 0 Å². The van der Waals surface area contributed by atoms with Crippen molar-refractivity contribution in [2.45, 2.75) is 43.7 Å². The van der Waals surface area contributed by atoms with Gasteiger partial charge in [0, 0.05) is 22.1 Å². The molecule has 0 aliphatic carbocycles. The van der Waals surface area contributed by atoms with Crippen molar-refractivity contribution in [2.75, 3.05) is 6.61 Å². The van der Waals surface area contributed by atoms with E-state index in [1.807, 2.05) is 0 Å². The van der Waals surface area contributed by atoms with Crippen molar-refractivity contribution >= 4 is 10.2 Å². The molecule has 0 aromatic rings. The molecular weight excluding hydrogens is 152 g/mol. The van der Waals surface area contributed by atoms with Crippen LogP contribution in [0.2, 0.25) is 0 Å². The van der Waals surface area contributed by atoms with E-state index >= 15 is 0 Å². The van der Waals surface area contributed by atoms with Crippen LogP contribution in [0.3, 0.4) is 0 Å². The SMILES string of the molecule is [CH2]CCCC1([SiH3])CCCCO1. The molecule has 0 aromatic carbocycles. The molecule has 1 unspecified atom stereocenters. The highest BCUT2D eigenvalue weighted by Crippen LogP contribution is 2.26. The van der Waals surface area contributed by atoms with Crippen LogP contribution < -0.4 is 0 Å². The van der Waals surface area contributed by atoms with Crippen molar-refractivity contribution in [2.24, 2.45) is 0 Å². The summed E-state index contributed by atoms with van der Waals surface area (Å²) in [5.74, 6) is 0. The quantitative estimate of drug-likeness (QED) is 0.581. The molecule has 0 saturated carbocycles. The monoisotopic (exact) mass is 171 g/mol. The maximum Gasteiger partial charge on any atom is 0.0486 e. The molecule has 0 N–H and O–H groups in total. The zero-order valence-corrected chi connectivity index (χ0v) is 9.57. The second kappa shape index (κ2) is 4.26. The third kappa shape index (κ3) is 2.95. The molecule has 1 fully saturated rings. The minimum absolute atomic E-state index is 0.329. The molecule has 1 nitrogen and oxygen atoms in total. The lowest BCUT2D eigenvalue weighted by molar-refractivity contribution is -0.0235. The van der Waals surface area contributed by atoms with Gasteiger partial charge in [0.05, 0.1) is 0 Å². The Morgan fingerprint density at radius 1 is 1.45 bits per heavy atom. The van der Waals surface area contributed by atoms with E-state index < -0.39 is 0 Å². The minimum Gasteiger partial charge on any atom is -0.380 e. The van der Waals surface area contributed by atoms with E-state index in [2.05, 4.69) is 6.92 Å². The molecule has 1 heterocycles. The summed E-state index contributed by atoms with van der Waals surface area (Å²) in [5, 5.41) is 0.329. The van der Waals surface area contributed by atoms with Gasteiger partial charge >= 0.3 is 0 Å². The lowest BCUT2D eigenvalue weighted by Crippen LogP contribution is -2.36. The van der Waals surface area contributed by atoms with E-state index in [-0.39, 0.29) is 0 Å². The van der Waals surface area contributed by atoms with E-state index in [1.54, 1.807) is 0 Å². The molecule has 65 valence electrons. The fourth-order valence-corrected chi connectivity index (χ4v) is 2.60. The molecule has 1 rings (SSSR count). The molecule has 0 bridgehead atoms. The van der Waals surface area contributed by atoms with Gasteiger partial charge in [-0.05, 0) is 25.7 Å². The fraction of sp³-hybridized carbons (Fsp3) is 0.889. The highest BCUT2D eigenvalue weighted by Gasteiger charge is 2.26. The van der Waals surface area contributed by atoms with Crippen LogP contribution >= 0.6 is 0 Å². The Labute approximate surface area is 72.9 Å². The molecule has 1 radical (unpaired) electrons. The Hall–Kier alpha value is 0.177. The normalized spacial score (nSPS) is 32.5. The zero-order chi connectivity index (χ0) is 8.16. The van der Waals surface area contributed by atoms with Crippen molar-refractivity contribution in [1.82, 2.24) is 0 Å². The largest absolute Gasteiger partial charge is 0.380 e. The number of unbranched alkanes of at least 4 members (excludes halogenated alkanes) is 1. The first-order chi connectivity index (χ1) is 5.27. The second-order valence-corrected chi connectivity index (χ2v) is 5.54. The lowest BCUT2D eigenvalue weighted by atomic mass is 10.0. The topological polar surface area (TPSA) is 9.23 Å². The third-order valence-electron chi connectivity index (χ3n) is 2.51. The Morgan fingerprint density at radius 2 is 2.27 bits per heavy atom. The van der Waals surface area contributed by atoms with Crippen molar-refractivity contribution in [3.8, 4) is 0 Å². The highest BCUT2D eigenvalue weighted by molar-refractivity contribution is 6.14. The first-order valence-electron chi connectivity index (χ1n) is 4.70. The van der Waals surface area contributed by atoms with Gasteiger partial charge in [-0.25, -0.2) is 0 Å². The summed E-state index contributed by atoms with van der Waals surface area (Å²) in [7, 11) is 1.19. The standard InChI is InChI=1S/C9H19OSi/c1-2-3-6-9(11)7-4-5-8-10-9/h1-8H2,11H3. The smallest absolute Gasteiger partial charge is 0.0486 e. The maximum absolute atomic E-state index is 5.80. The van der Waals surface area contributed by atoms with Gasteiger partial charge in [-0.2, -0.15) is 0 Å². The minimum atomic E-state index is 0.329.